The average Bonchev–Trinajstić information content (AvgIpc) is 2.84. The summed E-state index contributed by atoms with van der Waals surface area (Å²) in [5.74, 6) is 0.933. The van der Waals surface area contributed by atoms with E-state index in [1.165, 1.54) is 0 Å². The van der Waals surface area contributed by atoms with Crippen molar-refractivity contribution in [2.24, 2.45) is 0 Å². The highest BCUT2D eigenvalue weighted by molar-refractivity contribution is 5.20. The van der Waals surface area contributed by atoms with Crippen LogP contribution in [0.5, 0.6) is 5.75 Å². The minimum atomic E-state index is 0.728. The Morgan fingerprint density at radius 1 is 1.18 bits per heavy atom. The molecule has 90 valence electrons. The molecule has 3 nitrogen and oxygen atoms in total. The fourth-order valence-electron chi connectivity index (χ4n) is 1.65. The van der Waals surface area contributed by atoms with Gasteiger partial charge in [-0.15, -0.1) is 0 Å². The largest absolute Gasteiger partial charge is 0.494 e. The second-order valence-corrected chi connectivity index (χ2v) is 3.94. The SMILES string of the molecule is CCc1ccn(CCCOc2ccccc2)n1. The van der Waals surface area contributed by atoms with E-state index in [1.54, 1.807) is 0 Å². The van der Waals surface area contributed by atoms with Gasteiger partial charge in [0.05, 0.1) is 12.3 Å². The van der Waals surface area contributed by atoms with E-state index in [0.717, 1.165) is 37.4 Å². The van der Waals surface area contributed by atoms with Crippen LogP contribution in [0.4, 0.5) is 0 Å². The molecular weight excluding hydrogens is 212 g/mol. The number of rotatable bonds is 6. The van der Waals surface area contributed by atoms with E-state index < -0.39 is 0 Å². The Balaban J connectivity index is 1.69. The Bertz CT molecular complexity index is 436. The zero-order valence-corrected chi connectivity index (χ0v) is 10.2. The molecule has 0 atom stereocenters. The van der Waals surface area contributed by atoms with Crippen molar-refractivity contribution in [3.05, 3.63) is 48.3 Å². The van der Waals surface area contributed by atoms with Crippen LogP contribution in [0.1, 0.15) is 19.0 Å². The van der Waals surface area contributed by atoms with Gasteiger partial charge in [-0.3, -0.25) is 4.68 Å². The van der Waals surface area contributed by atoms with Crippen molar-refractivity contribution in [3.63, 3.8) is 0 Å². The number of hydrogen-bond acceptors (Lipinski definition) is 2. The van der Waals surface area contributed by atoms with Crippen LogP contribution in [0.15, 0.2) is 42.6 Å². The van der Waals surface area contributed by atoms with Crippen LogP contribution in [-0.4, -0.2) is 16.4 Å². The first kappa shape index (κ1) is 11.7. The quantitative estimate of drug-likeness (QED) is 0.713. The molecule has 0 saturated carbocycles. The average molecular weight is 230 g/mol. The lowest BCUT2D eigenvalue weighted by Crippen LogP contribution is -2.05. The maximum Gasteiger partial charge on any atom is 0.119 e. The number of ether oxygens (including phenoxy) is 1. The van der Waals surface area contributed by atoms with E-state index in [4.69, 9.17) is 4.74 Å². The zero-order chi connectivity index (χ0) is 11.9. The Morgan fingerprint density at radius 2 is 2.00 bits per heavy atom. The number of nitrogens with zero attached hydrogens (tertiary/aromatic N) is 2. The van der Waals surface area contributed by atoms with Gasteiger partial charge in [-0.1, -0.05) is 25.1 Å². The minimum Gasteiger partial charge on any atom is -0.494 e. The van der Waals surface area contributed by atoms with Crippen LogP contribution in [0, 0.1) is 0 Å². The molecule has 0 N–H and O–H groups in total. The monoisotopic (exact) mass is 230 g/mol. The van der Waals surface area contributed by atoms with Gasteiger partial charge in [0.15, 0.2) is 0 Å². The summed E-state index contributed by atoms with van der Waals surface area (Å²) in [5.41, 5.74) is 1.15. The minimum absolute atomic E-state index is 0.728. The van der Waals surface area contributed by atoms with Crippen LogP contribution < -0.4 is 4.74 Å². The Labute approximate surface area is 102 Å². The third-order valence-corrected chi connectivity index (χ3v) is 2.60. The van der Waals surface area contributed by atoms with Gasteiger partial charge in [-0.05, 0) is 24.6 Å². The van der Waals surface area contributed by atoms with Crippen molar-refractivity contribution in [2.45, 2.75) is 26.3 Å². The van der Waals surface area contributed by atoms with E-state index >= 15 is 0 Å². The predicted molar refractivity (Wildman–Crippen MR) is 68.2 cm³/mol. The topological polar surface area (TPSA) is 27.1 Å². The van der Waals surface area contributed by atoms with Gasteiger partial charge in [0, 0.05) is 19.2 Å². The van der Waals surface area contributed by atoms with Gasteiger partial charge in [0.1, 0.15) is 5.75 Å². The molecule has 0 unspecified atom stereocenters. The molecule has 1 aromatic heterocycles. The van der Waals surface area contributed by atoms with Crippen LogP contribution in [0.3, 0.4) is 0 Å². The van der Waals surface area contributed by atoms with Gasteiger partial charge in [0.25, 0.3) is 0 Å². The number of para-hydroxylation sites is 1. The summed E-state index contributed by atoms with van der Waals surface area (Å²) in [4.78, 5) is 0. The van der Waals surface area contributed by atoms with Gasteiger partial charge in [0.2, 0.25) is 0 Å². The summed E-state index contributed by atoms with van der Waals surface area (Å²) < 4.78 is 7.60. The molecule has 0 aliphatic rings. The lowest BCUT2D eigenvalue weighted by molar-refractivity contribution is 0.298. The van der Waals surface area contributed by atoms with E-state index in [1.807, 2.05) is 41.2 Å². The third kappa shape index (κ3) is 3.63. The van der Waals surface area contributed by atoms with Crippen LogP contribution in [0.25, 0.3) is 0 Å². The number of aromatic nitrogens is 2. The smallest absolute Gasteiger partial charge is 0.119 e. The summed E-state index contributed by atoms with van der Waals surface area (Å²) >= 11 is 0. The zero-order valence-electron chi connectivity index (χ0n) is 10.2. The molecule has 0 spiro atoms. The summed E-state index contributed by atoms with van der Waals surface area (Å²) in [6.45, 7) is 3.75. The van der Waals surface area contributed by atoms with Crippen molar-refractivity contribution >= 4 is 0 Å². The molecule has 1 aromatic carbocycles. The summed E-state index contributed by atoms with van der Waals surface area (Å²) in [6.07, 6.45) is 3.99. The molecule has 2 aromatic rings. The van der Waals surface area contributed by atoms with Crippen molar-refractivity contribution < 1.29 is 4.74 Å². The second kappa shape index (κ2) is 6.09. The number of benzene rings is 1. The van der Waals surface area contributed by atoms with Crippen LogP contribution >= 0.6 is 0 Å². The van der Waals surface area contributed by atoms with Crippen molar-refractivity contribution in [1.82, 2.24) is 9.78 Å². The second-order valence-electron chi connectivity index (χ2n) is 3.94. The molecule has 0 aliphatic heterocycles. The first-order chi connectivity index (χ1) is 8.38. The molecule has 1 heterocycles. The van der Waals surface area contributed by atoms with Crippen molar-refractivity contribution in [1.29, 1.82) is 0 Å². The van der Waals surface area contributed by atoms with Crippen LogP contribution in [-0.2, 0) is 13.0 Å². The molecular formula is C14H18N2O. The Kier molecular flexibility index (Phi) is 4.19. The normalized spacial score (nSPS) is 10.4. The maximum absolute atomic E-state index is 5.62. The molecule has 0 aliphatic carbocycles. The Hall–Kier alpha value is -1.77. The summed E-state index contributed by atoms with van der Waals surface area (Å²) in [5, 5.41) is 4.43. The van der Waals surface area contributed by atoms with E-state index in [0.29, 0.717) is 0 Å². The highest BCUT2D eigenvalue weighted by atomic mass is 16.5. The molecule has 0 radical (unpaired) electrons. The fraction of sp³-hybridized carbons (Fsp3) is 0.357. The van der Waals surface area contributed by atoms with E-state index in [2.05, 4.69) is 18.1 Å². The molecule has 2 rings (SSSR count). The van der Waals surface area contributed by atoms with E-state index in [9.17, 15) is 0 Å². The number of hydrogen-bond donors (Lipinski definition) is 0. The van der Waals surface area contributed by atoms with Gasteiger partial charge in [-0.25, -0.2) is 0 Å². The van der Waals surface area contributed by atoms with Gasteiger partial charge < -0.3 is 4.74 Å². The molecule has 0 fully saturated rings. The molecule has 0 bridgehead atoms. The van der Waals surface area contributed by atoms with Crippen molar-refractivity contribution in [3.8, 4) is 5.75 Å². The third-order valence-electron chi connectivity index (χ3n) is 2.60. The molecule has 0 amide bonds. The van der Waals surface area contributed by atoms with Crippen molar-refractivity contribution in [2.75, 3.05) is 6.61 Å². The predicted octanol–water partition coefficient (Wildman–Crippen LogP) is 2.91. The standard InChI is InChI=1S/C14H18N2O/c1-2-13-9-11-16(15-13)10-6-12-17-14-7-4-3-5-8-14/h3-5,7-9,11H,2,6,10,12H2,1H3. The first-order valence-corrected chi connectivity index (χ1v) is 6.08. The maximum atomic E-state index is 5.62. The van der Waals surface area contributed by atoms with Gasteiger partial charge in [-0.2, -0.15) is 5.10 Å². The van der Waals surface area contributed by atoms with Crippen LogP contribution in [0.2, 0.25) is 0 Å². The summed E-state index contributed by atoms with van der Waals surface area (Å²) in [7, 11) is 0. The van der Waals surface area contributed by atoms with E-state index in [-0.39, 0.29) is 0 Å². The lowest BCUT2D eigenvalue weighted by Gasteiger charge is -2.05. The molecule has 0 saturated heterocycles. The fourth-order valence-corrected chi connectivity index (χ4v) is 1.65. The Morgan fingerprint density at radius 3 is 2.71 bits per heavy atom. The lowest BCUT2D eigenvalue weighted by atomic mass is 10.3. The highest BCUT2D eigenvalue weighted by Crippen LogP contribution is 2.08. The molecule has 17 heavy (non-hydrogen) atoms. The highest BCUT2D eigenvalue weighted by Gasteiger charge is 1.97. The first-order valence-electron chi connectivity index (χ1n) is 6.08. The molecule has 3 heteroatoms. The summed E-state index contributed by atoms with van der Waals surface area (Å²) in [6, 6.07) is 12.0. The van der Waals surface area contributed by atoms with Gasteiger partial charge >= 0.3 is 0 Å². The number of aryl methyl sites for hydroxylation is 2.